The zero-order valence-electron chi connectivity index (χ0n) is 16.3. The number of carbonyl (C=O) groups is 3. The first kappa shape index (κ1) is 19.9. The normalized spacial score (nSPS) is 20.5. The number of rotatable bonds is 5. The third-order valence-corrected chi connectivity index (χ3v) is 5.56. The maximum atomic E-state index is 12.7. The summed E-state index contributed by atoms with van der Waals surface area (Å²) < 4.78 is 1.57. The number of hydrogen-bond acceptors (Lipinski definition) is 3. The van der Waals surface area contributed by atoms with Crippen LogP contribution in [0.25, 0.3) is 10.9 Å². The number of hydrogen-bond donors (Lipinski definition) is 3. The van der Waals surface area contributed by atoms with Gasteiger partial charge in [0.15, 0.2) is 0 Å². The number of fused-ring (bicyclic) bond motifs is 1. The molecule has 150 valence electrons. The first-order valence-corrected chi connectivity index (χ1v) is 9.76. The van der Waals surface area contributed by atoms with Gasteiger partial charge < -0.3 is 15.7 Å². The fourth-order valence-corrected chi connectivity index (χ4v) is 4.17. The summed E-state index contributed by atoms with van der Waals surface area (Å²) in [4.78, 5) is 36.3. The Morgan fingerprint density at radius 1 is 1.18 bits per heavy atom. The Labute approximate surface area is 164 Å². The van der Waals surface area contributed by atoms with Gasteiger partial charge in [-0.25, -0.2) is 4.79 Å². The van der Waals surface area contributed by atoms with Crippen molar-refractivity contribution in [1.29, 1.82) is 0 Å². The van der Waals surface area contributed by atoms with Crippen molar-refractivity contribution in [3.05, 3.63) is 36.0 Å². The molecule has 3 N–H and O–H groups in total. The maximum absolute atomic E-state index is 12.7. The summed E-state index contributed by atoms with van der Waals surface area (Å²) in [5.41, 5.74) is 1.78. The highest BCUT2D eigenvalue weighted by atomic mass is 16.4. The number of amides is 2. The van der Waals surface area contributed by atoms with Crippen molar-refractivity contribution in [3.63, 3.8) is 0 Å². The molecule has 1 aliphatic carbocycles. The minimum Gasteiger partial charge on any atom is -0.481 e. The minimum atomic E-state index is -0.888. The van der Waals surface area contributed by atoms with E-state index in [-0.39, 0.29) is 18.0 Å². The predicted molar refractivity (Wildman–Crippen MR) is 106 cm³/mol. The molecule has 28 heavy (non-hydrogen) atoms. The summed E-state index contributed by atoms with van der Waals surface area (Å²) in [6.45, 7) is 1.91. The third kappa shape index (κ3) is 4.03. The SMILES string of the molecule is CNC(=O)n1cc(C[C@@H](C)NC(=O)[C@@H]2CCCC[C@H]2C(=O)O)c2ccccc21. The lowest BCUT2D eigenvalue weighted by Gasteiger charge is -2.28. The molecule has 7 nitrogen and oxygen atoms in total. The highest BCUT2D eigenvalue weighted by Gasteiger charge is 2.36. The summed E-state index contributed by atoms with van der Waals surface area (Å²) in [5, 5.41) is 16.0. The van der Waals surface area contributed by atoms with E-state index < -0.39 is 17.8 Å². The van der Waals surface area contributed by atoms with Crippen LogP contribution < -0.4 is 10.6 Å². The predicted octanol–water partition coefficient (Wildman–Crippen LogP) is 2.77. The number of nitrogens with one attached hydrogen (secondary N) is 2. The summed E-state index contributed by atoms with van der Waals surface area (Å²) in [7, 11) is 1.59. The van der Waals surface area contributed by atoms with E-state index in [4.69, 9.17) is 0 Å². The average molecular weight is 385 g/mol. The monoisotopic (exact) mass is 385 g/mol. The van der Waals surface area contributed by atoms with E-state index in [9.17, 15) is 19.5 Å². The van der Waals surface area contributed by atoms with Crippen molar-refractivity contribution < 1.29 is 19.5 Å². The molecule has 3 rings (SSSR count). The molecule has 1 saturated carbocycles. The molecule has 2 amide bonds. The molecule has 3 atom stereocenters. The Kier molecular flexibility index (Phi) is 6.02. The van der Waals surface area contributed by atoms with Gasteiger partial charge in [0.25, 0.3) is 0 Å². The number of aromatic nitrogens is 1. The molecule has 0 spiro atoms. The summed E-state index contributed by atoms with van der Waals surface area (Å²) in [6.07, 6.45) is 5.27. The van der Waals surface area contributed by atoms with Gasteiger partial charge in [-0.3, -0.25) is 14.2 Å². The molecule has 0 bridgehead atoms. The maximum Gasteiger partial charge on any atom is 0.325 e. The van der Waals surface area contributed by atoms with Crippen LogP contribution in [0.4, 0.5) is 4.79 Å². The number of carboxylic acid groups (broad SMARTS) is 1. The fraction of sp³-hybridized carbons (Fsp3) is 0.476. The van der Waals surface area contributed by atoms with E-state index in [1.54, 1.807) is 17.8 Å². The van der Waals surface area contributed by atoms with Gasteiger partial charge in [0.1, 0.15) is 0 Å². The lowest BCUT2D eigenvalue weighted by atomic mass is 9.78. The number of carboxylic acids is 1. The quantitative estimate of drug-likeness (QED) is 0.737. The van der Waals surface area contributed by atoms with E-state index in [0.717, 1.165) is 29.3 Å². The van der Waals surface area contributed by atoms with Gasteiger partial charge in [0.2, 0.25) is 5.91 Å². The van der Waals surface area contributed by atoms with E-state index in [2.05, 4.69) is 10.6 Å². The molecule has 0 aliphatic heterocycles. The number of nitrogens with zero attached hydrogens (tertiary/aromatic N) is 1. The van der Waals surface area contributed by atoms with Crippen LogP contribution in [0.2, 0.25) is 0 Å². The molecular weight excluding hydrogens is 358 g/mol. The highest BCUT2D eigenvalue weighted by Crippen LogP contribution is 2.30. The highest BCUT2D eigenvalue weighted by molar-refractivity contribution is 5.93. The first-order valence-electron chi connectivity index (χ1n) is 9.76. The molecule has 1 aromatic heterocycles. The van der Waals surface area contributed by atoms with Gasteiger partial charge in [-0.15, -0.1) is 0 Å². The molecule has 1 fully saturated rings. The van der Waals surface area contributed by atoms with Crippen LogP contribution in [0, 0.1) is 11.8 Å². The number of aliphatic carboxylic acids is 1. The molecule has 1 heterocycles. The van der Waals surface area contributed by atoms with Gasteiger partial charge >= 0.3 is 12.0 Å². The van der Waals surface area contributed by atoms with Crippen LogP contribution in [-0.2, 0) is 16.0 Å². The Hall–Kier alpha value is -2.83. The average Bonchev–Trinajstić information content (AvgIpc) is 3.05. The summed E-state index contributed by atoms with van der Waals surface area (Å²) in [6, 6.07) is 7.25. The number of benzene rings is 1. The summed E-state index contributed by atoms with van der Waals surface area (Å²) >= 11 is 0. The van der Waals surface area contributed by atoms with Crippen molar-refractivity contribution in [2.45, 2.75) is 45.1 Å². The molecule has 0 radical (unpaired) electrons. The lowest BCUT2D eigenvalue weighted by Crippen LogP contribution is -2.43. The Morgan fingerprint density at radius 3 is 2.54 bits per heavy atom. The minimum absolute atomic E-state index is 0.173. The second kappa shape index (κ2) is 8.46. The summed E-state index contributed by atoms with van der Waals surface area (Å²) in [5.74, 6) is -2.15. The van der Waals surface area contributed by atoms with Gasteiger partial charge in [-0.1, -0.05) is 31.0 Å². The Bertz CT molecular complexity index is 889. The van der Waals surface area contributed by atoms with E-state index in [1.165, 1.54) is 0 Å². The van der Waals surface area contributed by atoms with Crippen molar-refractivity contribution >= 4 is 28.8 Å². The number of para-hydroxylation sites is 1. The largest absolute Gasteiger partial charge is 0.481 e. The van der Waals surface area contributed by atoms with Crippen molar-refractivity contribution in [3.8, 4) is 0 Å². The Morgan fingerprint density at radius 2 is 1.86 bits per heavy atom. The zero-order valence-corrected chi connectivity index (χ0v) is 16.3. The third-order valence-electron chi connectivity index (χ3n) is 5.56. The first-order chi connectivity index (χ1) is 13.4. The van der Waals surface area contributed by atoms with Crippen LogP contribution in [0.1, 0.15) is 38.2 Å². The van der Waals surface area contributed by atoms with E-state index in [1.807, 2.05) is 31.2 Å². The van der Waals surface area contributed by atoms with Gasteiger partial charge in [-0.05, 0) is 37.8 Å². The van der Waals surface area contributed by atoms with Gasteiger partial charge in [0.05, 0.1) is 17.4 Å². The topological polar surface area (TPSA) is 100 Å². The lowest BCUT2D eigenvalue weighted by molar-refractivity contribution is -0.149. The van der Waals surface area contributed by atoms with Crippen LogP contribution in [0.5, 0.6) is 0 Å². The Balaban J connectivity index is 1.74. The molecule has 0 unspecified atom stereocenters. The zero-order chi connectivity index (χ0) is 20.3. The van der Waals surface area contributed by atoms with Crippen LogP contribution in [0.15, 0.2) is 30.5 Å². The standard InChI is InChI=1S/C21H27N3O4/c1-13(23-19(25)16-8-3-4-9-17(16)20(26)27)11-14-12-24(21(28)22-2)18-10-6-5-7-15(14)18/h5-7,10,12-13,16-17H,3-4,8-9,11H2,1-2H3,(H,22,28)(H,23,25)(H,26,27)/t13-,16-,17-/m1/s1. The van der Waals surface area contributed by atoms with E-state index >= 15 is 0 Å². The van der Waals surface area contributed by atoms with Crippen molar-refractivity contribution in [2.75, 3.05) is 7.05 Å². The smallest absolute Gasteiger partial charge is 0.325 e. The van der Waals surface area contributed by atoms with Crippen LogP contribution in [0.3, 0.4) is 0 Å². The fourth-order valence-electron chi connectivity index (χ4n) is 4.17. The van der Waals surface area contributed by atoms with Crippen molar-refractivity contribution in [1.82, 2.24) is 15.2 Å². The molecular formula is C21H27N3O4. The molecule has 0 saturated heterocycles. The second-order valence-electron chi connectivity index (χ2n) is 7.55. The van der Waals surface area contributed by atoms with Gasteiger partial charge in [-0.2, -0.15) is 0 Å². The van der Waals surface area contributed by atoms with Crippen molar-refractivity contribution in [2.24, 2.45) is 11.8 Å². The molecule has 1 aromatic carbocycles. The molecule has 1 aliphatic rings. The van der Waals surface area contributed by atoms with Gasteiger partial charge in [0, 0.05) is 24.7 Å². The number of carbonyl (C=O) groups excluding carboxylic acids is 2. The van der Waals surface area contributed by atoms with E-state index in [0.29, 0.717) is 19.3 Å². The van der Waals surface area contributed by atoms with Crippen LogP contribution in [-0.4, -0.2) is 40.7 Å². The van der Waals surface area contributed by atoms with Crippen LogP contribution >= 0.6 is 0 Å². The molecule has 7 heteroatoms. The molecule has 2 aromatic rings. The second-order valence-corrected chi connectivity index (χ2v) is 7.55.